The topological polar surface area (TPSA) is 86.8 Å². The van der Waals surface area contributed by atoms with E-state index in [9.17, 15) is 18.0 Å². The third-order valence-electron chi connectivity index (χ3n) is 7.25. The average molecular weight is 653 g/mol. The Morgan fingerprint density at radius 2 is 1.50 bits per heavy atom. The Bertz CT molecular complexity index is 1710. The van der Waals surface area contributed by atoms with E-state index in [1.807, 2.05) is 44.2 Å². The van der Waals surface area contributed by atoms with Gasteiger partial charge in [-0.2, -0.15) is 0 Å². The fourth-order valence-corrected chi connectivity index (χ4v) is 6.54. The van der Waals surface area contributed by atoms with Crippen molar-refractivity contribution in [2.75, 3.05) is 17.4 Å². The highest BCUT2D eigenvalue weighted by Gasteiger charge is 2.35. The Labute approximate surface area is 269 Å². The first-order valence-corrected chi connectivity index (χ1v) is 16.4. The number of nitrogens with one attached hydrogen (secondary N) is 1. The number of nitrogens with zero attached hydrogens (tertiary/aromatic N) is 2. The third kappa shape index (κ3) is 8.00. The van der Waals surface area contributed by atoms with E-state index in [-0.39, 0.29) is 29.5 Å². The Morgan fingerprint density at radius 3 is 2.14 bits per heavy atom. The second-order valence-corrected chi connectivity index (χ2v) is 13.1. The summed E-state index contributed by atoms with van der Waals surface area (Å²) in [6, 6.07) is 26.7. The van der Waals surface area contributed by atoms with Gasteiger partial charge in [0.15, 0.2) is 0 Å². The molecule has 0 aliphatic carbocycles. The van der Waals surface area contributed by atoms with Crippen LogP contribution < -0.4 is 9.62 Å². The summed E-state index contributed by atoms with van der Waals surface area (Å²) in [4.78, 5) is 29.4. The lowest BCUT2D eigenvalue weighted by molar-refractivity contribution is -0.140. The van der Waals surface area contributed by atoms with Crippen LogP contribution in [-0.4, -0.2) is 44.3 Å². The first-order chi connectivity index (χ1) is 21.0. The molecular weight excluding hydrogens is 617 g/mol. The van der Waals surface area contributed by atoms with Crippen LogP contribution in [0.1, 0.15) is 29.2 Å². The standard InChI is InChI=1S/C34H35Cl2N3O4S/c1-4-37-34(41)32(20-26-10-6-5-7-11-26)38(22-27-12-8-9-13-30(27)35)33(40)23-39(28-17-16-25(3)31(36)21-28)44(42,43)29-18-14-24(2)15-19-29/h5-19,21,32H,4,20,22-23H2,1-3H3,(H,37,41). The zero-order valence-corrected chi connectivity index (χ0v) is 27.2. The molecule has 4 rings (SSSR count). The highest BCUT2D eigenvalue weighted by atomic mass is 35.5. The number of sulfonamides is 1. The lowest BCUT2D eigenvalue weighted by atomic mass is 10.0. The van der Waals surface area contributed by atoms with Crippen LogP contribution in [0.3, 0.4) is 0 Å². The van der Waals surface area contributed by atoms with Crippen molar-refractivity contribution in [3.05, 3.63) is 129 Å². The molecule has 1 unspecified atom stereocenters. The zero-order chi connectivity index (χ0) is 31.9. The van der Waals surface area contributed by atoms with Gasteiger partial charge in [0, 0.05) is 29.6 Å². The van der Waals surface area contributed by atoms with Crippen LogP contribution in [0.2, 0.25) is 10.0 Å². The molecule has 0 fully saturated rings. The number of anilines is 1. The molecule has 0 heterocycles. The molecular formula is C34H35Cl2N3O4S. The monoisotopic (exact) mass is 651 g/mol. The van der Waals surface area contributed by atoms with Crippen LogP contribution in [0.4, 0.5) is 5.69 Å². The number of likely N-dealkylation sites (N-methyl/N-ethyl adjacent to an activating group) is 1. The molecule has 0 spiro atoms. The number of amides is 2. The number of rotatable bonds is 12. The minimum Gasteiger partial charge on any atom is -0.355 e. The summed E-state index contributed by atoms with van der Waals surface area (Å²) in [6.07, 6.45) is 0.212. The van der Waals surface area contributed by atoms with Crippen molar-refractivity contribution in [3.8, 4) is 0 Å². The van der Waals surface area contributed by atoms with Gasteiger partial charge in [-0.25, -0.2) is 8.42 Å². The van der Waals surface area contributed by atoms with Gasteiger partial charge in [0.2, 0.25) is 11.8 Å². The van der Waals surface area contributed by atoms with E-state index in [2.05, 4.69) is 5.32 Å². The summed E-state index contributed by atoms with van der Waals surface area (Å²) in [7, 11) is -4.22. The number of halogens is 2. The first-order valence-electron chi connectivity index (χ1n) is 14.2. The van der Waals surface area contributed by atoms with Crippen molar-refractivity contribution >= 4 is 50.7 Å². The van der Waals surface area contributed by atoms with Gasteiger partial charge in [0.1, 0.15) is 12.6 Å². The molecule has 0 radical (unpaired) electrons. The van der Waals surface area contributed by atoms with Crippen LogP contribution in [0, 0.1) is 13.8 Å². The SMILES string of the molecule is CCNC(=O)C(Cc1ccccc1)N(Cc1ccccc1Cl)C(=O)CN(c1ccc(C)c(Cl)c1)S(=O)(=O)c1ccc(C)cc1. The molecule has 10 heteroatoms. The van der Waals surface area contributed by atoms with Gasteiger partial charge in [-0.1, -0.05) is 95.5 Å². The molecule has 0 saturated heterocycles. The zero-order valence-electron chi connectivity index (χ0n) is 24.8. The van der Waals surface area contributed by atoms with E-state index in [1.165, 1.54) is 23.1 Å². The second-order valence-electron chi connectivity index (χ2n) is 10.5. The number of carbonyl (C=O) groups is 2. The summed E-state index contributed by atoms with van der Waals surface area (Å²) in [5.74, 6) is -0.937. The Hall–Kier alpha value is -3.85. The van der Waals surface area contributed by atoms with Gasteiger partial charge in [-0.15, -0.1) is 0 Å². The van der Waals surface area contributed by atoms with Crippen LogP contribution in [0.15, 0.2) is 102 Å². The van der Waals surface area contributed by atoms with Crippen molar-refractivity contribution in [2.45, 2.75) is 44.7 Å². The minimum absolute atomic E-state index is 0.0137. The lowest BCUT2D eigenvalue weighted by Gasteiger charge is -2.34. The molecule has 0 aliphatic rings. The van der Waals surface area contributed by atoms with Crippen molar-refractivity contribution in [3.63, 3.8) is 0 Å². The maximum Gasteiger partial charge on any atom is 0.264 e. The first kappa shape index (κ1) is 33.1. The van der Waals surface area contributed by atoms with Crippen molar-refractivity contribution in [1.82, 2.24) is 10.2 Å². The number of hydrogen-bond acceptors (Lipinski definition) is 4. The third-order valence-corrected chi connectivity index (χ3v) is 9.82. The van der Waals surface area contributed by atoms with Crippen LogP contribution in [-0.2, 0) is 32.6 Å². The summed E-state index contributed by atoms with van der Waals surface area (Å²) >= 11 is 12.9. The minimum atomic E-state index is -4.22. The highest BCUT2D eigenvalue weighted by molar-refractivity contribution is 7.92. The van der Waals surface area contributed by atoms with Gasteiger partial charge >= 0.3 is 0 Å². The fraction of sp³-hybridized carbons (Fsp3) is 0.235. The predicted octanol–water partition coefficient (Wildman–Crippen LogP) is 6.58. The van der Waals surface area contributed by atoms with E-state index in [4.69, 9.17) is 23.2 Å². The molecule has 0 saturated carbocycles. The van der Waals surface area contributed by atoms with Gasteiger partial charge in [-0.3, -0.25) is 13.9 Å². The van der Waals surface area contributed by atoms with E-state index in [0.29, 0.717) is 22.2 Å². The normalized spacial score (nSPS) is 11.9. The molecule has 44 heavy (non-hydrogen) atoms. The quantitative estimate of drug-likeness (QED) is 0.187. The largest absolute Gasteiger partial charge is 0.355 e. The molecule has 7 nitrogen and oxygen atoms in total. The molecule has 1 atom stereocenters. The van der Waals surface area contributed by atoms with E-state index >= 15 is 0 Å². The molecule has 230 valence electrons. The average Bonchev–Trinajstić information content (AvgIpc) is 3.00. The van der Waals surface area contributed by atoms with Gasteiger partial charge < -0.3 is 10.2 Å². The Kier molecular flexibility index (Phi) is 11.1. The molecule has 2 amide bonds. The molecule has 0 aliphatic heterocycles. The van der Waals surface area contributed by atoms with E-state index < -0.39 is 28.5 Å². The fourth-order valence-electron chi connectivity index (χ4n) is 4.76. The van der Waals surface area contributed by atoms with Crippen molar-refractivity contribution in [2.24, 2.45) is 0 Å². The number of carbonyl (C=O) groups excluding carboxylic acids is 2. The summed E-state index contributed by atoms with van der Waals surface area (Å²) < 4.78 is 29.3. The molecule has 4 aromatic carbocycles. The maximum atomic E-state index is 14.4. The van der Waals surface area contributed by atoms with Crippen LogP contribution in [0.25, 0.3) is 0 Å². The predicted molar refractivity (Wildman–Crippen MR) is 177 cm³/mol. The Morgan fingerprint density at radius 1 is 0.841 bits per heavy atom. The van der Waals surface area contributed by atoms with Crippen molar-refractivity contribution in [1.29, 1.82) is 0 Å². The second kappa shape index (κ2) is 14.8. The highest BCUT2D eigenvalue weighted by Crippen LogP contribution is 2.29. The molecule has 0 bridgehead atoms. The van der Waals surface area contributed by atoms with Gasteiger partial charge in [0.05, 0.1) is 10.6 Å². The van der Waals surface area contributed by atoms with Crippen LogP contribution >= 0.6 is 23.2 Å². The van der Waals surface area contributed by atoms with E-state index in [0.717, 1.165) is 21.0 Å². The molecule has 0 aromatic heterocycles. The smallest absolute Gasteiger partial charge is 0.264 e. The Balaban J connectivity index is 1.82. The summed E-state index contributed by atoms with van der Waals surface area (Å²) in [5.41, 5.74) is 3.34. The molecule has 4 aromatic rings. The van der Waals surface area contributed by atoms with Gasteiger partial charge in [-0.05, 0) is 67.8 Å². The number of hydrogen-bond donors (Lipinski definition) is 1. The van der Waals surface area contributed by atoms with Gasteiger partial charge in [0.25, 0.3) is 10.0 Å². The number of benzene rings is 4. The molecule has 1 N–H and O–H groups in total. The van der Waals surface area contributed by atoms with Crippen molar-refractivity contribution < 1.29 is 18.0 Å². The summed E-state index contributed by atoms with van der Waals surface area (Å²) in [6.45, 7) is 5.23. The van der Waals surface area contributed by atoms with Crippen LogP contribution in [0.5, 0.6) is 0 Å². The lowest BCUT2D eigenvalue weighted by Crippen LogP contribution is -2.53. The maximum absolute atomic E-state index is 14.4. The van der Waals surface area contributed by atoms with E-state index in [1.54, 1.807) is 55.5 Å². The summed E-state index contributed by atoms with van der Waals surface area (Å²) in [5, 5.41) is 3.63. The number of aryl methyl sites for hydroxylation is 2.